The van der Waals surface area contributed by atoms with E-state index in [0.29, 0.717) is 16.5 Å². The van der Waals surface area contributed by atoms with Crippen LogP contribution in [-0.4, -0.2) is 20.6 Å². The molecule has 0 bridgehead atoms. The van der Waals surface area contributed by atoms with Gasteiger partial charge in [0.05, 0.1) is 33.6 Å². The Morgan fingerprint density at radius 1 is 1.29 bits per heavy atom. The minimum absolute atomic E-state index is 0.0742. The van der Waals surface area contributed by atoms with Gasteiger partial charge in [-0.05, 0) is 25.5 Å². The van der Waals surface area contributed by atoms with Gasteiger partial charge in [-0.25, -0.2) is 0 Å². The molecule has 1 amide bonds. The number of nitro benzene ring substituents is 1. The van der Waals surface area contributed by atoms with Gasteiger partial charge >= 0.3 is 0 Å². The third-order valence-corrected chi connectivity index (χ3v) is 4.41. The van der Waals surface area contributed by atoms with Crippen LogP contribution in [0.15, 0.2) is 48.7 Å². The lowest BCUT2D eigenvalue weighted by molar-refractivity contribution is -0.384. The van der Waals surface area contributed by atoms with Crippen molar-refractivity contribution in [1.29, 1.82) is 0 Å². The molecule has 1 heterocycles. The third-order valence-electron chi connectivity index (χ3n) is 4.04. The van der Waals surface area contributed by atoms with Gasteiger partial charge in [0, 0.05) is 12.1 Å². The van der Waals surface area contributed by atoms with Crippen LogP contribution in [0.4, 0.5) is 11.4 Å². The van der Waals surface area contributed by atoms with Crippen molar-refractivity contribution in [2.75, 3.05) is 5.32 Å². The Morgan fingerprint density at radius 2 is 2.04 bits per heavy atom. The van der Waals surface area contributed by atoms with Crippen molar-refractivity contribution in [3.8, 4) is 11.5 Å². The van der Waals surface area contributed by atoms with E-state index in [1.807, 2.05) is 19.1 Å². The summed E-state index contributed by atoms with van der Waals surface area (Å²) in [6.45, 7) is 3.53. The number of aromatic nitrogens is 2. The van der Waals surface area contributed by atoms with E-state index in [9.17, 15) is 14.9 Å². The van der Waals surface area contributed by atoms with E-state index in [0.717, 1.165) is 5.56 Å². The molecule has 0 radical (unpaired) electrons. The second-order valence-corrected chi connectivity index (χ2v) is 6.53. The van der Waals surface area contributed by atoms with Crippen LogP contribution < -0.4 is 10.1 Å². The number of ether oxygens (including phenoxy) is 1. The van der Waals surface area contributed by atoms with Gasteiger partial charge in [-0.2, -0.15) is 5.10 Å². The molecule has 1 N–H and O–H groups in total. The largest absolute Gasteiger partial charge is 0.457 e. The normalized spacial score (nSPS) is 10.5. The monoisotopic (exact) mass is 400 g/mol. The Bertz CT molecular complexity index is 1050. The second-order valence-electron chi connectivity index (χ2n) is 6.12. The number of non-ortho nitro benzene ring substituents is 1. The predicted molar refractivity (Wildman–Crippen MR) is 105 cm³/mol. The maximum atomic E-state index is 12.3. The smallest absolute Gasteiger partial charge is 0.275 e. The predicted octanol–water partition coefficient (Wildman–Crippen LogP) is 4.49. The molecule has 2 aromatic carbocycles. The first-order valence-electron chi connectivity index (χ1n) is 8.34. The summed E-state index contributed by atoms with van der Waals surface area (Å²) in [5.74, 6) is 0.421. The number of nitro groups is 1. The van der Waals surface area contributed by atoms with Crippen LogP contribution in [0.25, 0.3) is 0 Å². The molecule has 0 unspecified atom stereocenters. The van der Waals surface area contributed by atoms with Crippen molar-refractivity contribution in [1.82, 2.24) is 9.78 Å². The van der Waals surface area contributed by atoms with Crippen LogP contribution in [0, 0.1) is 24.0 Å². The molecule has 1 aromatic heterocycles. The lowest BCUT2D eigenvalue weighted by Crippen LogP contribution is -2.20. The van der Waals surface area contributed by atoms with Gasteiger partial charge in [-0.1, -0.05) is 29.8 Å². The quantitative estimate of drug-likeness (QED) is 0.485. The highest BCUT2D eigenvalue weighted by Crippen LogP contribution is 2.31. The molecule has 0 aliphatic rings. The van der Waals surface area contributed by atoms with Crippen LogP contribution in [0.2, 0.25) is 5.02 Å². The Kier molecular flexibility index (Phi) is 5.60. The van der Waals surface area contributed by atoms with Crippen molar-refractivity contribution in [3.63, 3.8) is 0 Å². The van der Waals surface area contributed by atoms with E-state index in [-0.39, 0.29) is 23.7 Å². The molecule has 8 nitrogen and oxygen atoms in total. The zero-order valence-corrected chi connectivity index (χ0v) is 15.9. The Labute approximate surface area is 165 Å². The molecule has 0 fully saturated rings. The molecule has 0 saturated carbocycles. The second kappa shape index (κ2) is 8.10. The number of nitrogens with one attached hydrogen (secondary N) is 1. The lowest BCUT2D eigenvalue weighted by Gasteiger charge is -2.11. The zero-order chi connectivity index (χ0) is 20.3. The van der Waals surface area contributed by atoms with Gasteiger partial charge in [-0.15, -0.1) is 0 Å². The molecular formula is C19H17ClN4O4. The summed E-state index contributed by atoms with van der Waals surface area (Å²) in [5, 5.41) is 18.4. The summed E-state index contributed by atoms with van der Waals surface area (Å²) in [4.78, 5) is 23.0. The molecule has 3 aromatic rings. The first kappa shape index (κ1) is 19.4. The first-order chi connectivity index (χ1) is 13.3. The number of anilines is 1. The number of hydrogen-bond acceptors (Lipinski definition) is 5. The maximum absolute atomic E-state index is 12.3. The lowest BCUT2D eigenvalue weighted by atomic mass is 10.2. The molecule has 0 aliphatic carbocycles. The molecule has 144 valence electrons. The highest BCUT2D eigenvalue weighted by molar-refractivity contribution is 6.31. The fourth-order valence-electron chi connectivity index (χ4n) is 2.54. The van der Waals surface area contributed by atoms with E-state index in [2.05, 4.69) is 10.4 Å². The SMILES string of the molecule is Cc1ccccc1Oc1cc(NC(=O)Cn2ncc(Cl)c2C)cc([N+](=O)[O-])c1. The third kappa shape index (κ3) is 4.47. The first-order valence-corrected chi connectivity index (χ1v) is 8.72. The zero-order valence-electron chi connectivity index (χ0n) is 15.2. The van der Waals surface area contributed by atoms with Crippen LogP contribution in [0.3, 0.4) is 0 Å². The van der Waals surface area contributed by atoms with Crippen LogP contribution in [0.5, 0.6) is 11.5 Å². The summed E-state index contributed by atoms with van der Waals surface area (Å²) < 4.78 is 7.22. The van der Waals surface area contributed by atoms with Gasteiger partial charge in [0.25, 0.3) is 5.69 Å². The summed E-state index contributed by atoms with van der Waals surface area (Å²) in [6.07, 6.45) is 1.45. The minimum atomic E-state index is -0.544. The number of benzene rings is 2. The number of nitrogens with zero attached hydrogens (tertiary/aromatic N) is 3. The van der Waals surface area contributed by atoms with Crippen LogP contribution in [-0.2, 0) is 11.3 Å². The van der Waals surface area contributed by atoms with E-state index in [1.165, 1.54) is 29.1 Å². The van der Waals surface area contributed by atoms with E-state index in [1.54, 1.807) is 19.1 Å². The fourth-order valence-corrected chi connectivity index (χ4v) is 2.68. The van der Waals surface area contributed by atoms with Gasteiger partial charge < -0.3 is 10.1 Å². The highest BCUT2D eigenvalue weighted by atomic mass is 35.5. The van der Waals surface area contributed by atoms with Crippen LogP contribution in [0.1, 0.15) is 11.3 Å². The van der Waals surface area contributed by atoms with Gasteiger partial charge in [-0.3, -0.25) is 19.6 Å². The molecule has 0 spiro atoms. The Hall–Kier alpha value is -3.39. The number of rotatable bonds is 6. The number of para-hydroxylation sites is 1. The van der Waals surface area contributed by atoms with E-state index in [4.69, 9.17) is 16.3 Å². The number of carbonyl (C=O) groups is 1. The molecule has 0 saturated heterocycles. The van der Waals surface area contributed by atoms with Crippen molar-refractivity contribution >= 4 is 28.9 Å². The topological polar surface area (TPSA) is 99.3 Å². The molecule has 9 heteroatoms. The van der Waals surface area contributed by atoms with Gasteiger partial charge in [0.15, 0.2) is 0 Å². The summed E-state index contributed by atoms with van der Waals surface area (Å²) in [5.41, 5.74) is 1.59. The van der Waals surface area contributed by atoms with E-state index >= 15 is 0 Å². The van der Waals surface area contributed by atoms with Gasteiger partial charge in [0.1, 0.15) is 18.0 Å². The minimum Gasteiger partial charge on any atom is -0.457 e. The number of aryl methyl sites for hydroxylation is 1. The summed E-state index contributed by atoms with van der Waals surface area (Å²) in [6, 6.07) is 11.4. The molecule has 3 rings (SSSR count). The molecule has 0 aliphatic heterocycles. The number of amides is 1. The number of halogens is 1. The van der Waals surface area contributed by atoms with Gasteiger partial charge in [0.2, 0.25) is 5.91 Å². The number of carbonyl (C=O) groups excluding carboxylic acids is 1. The molecule has 28 heavy (non-hydrogen) atoms. The summed E-state index contributed by atoms with van der Waals surface area (Å²) >= 11 is 5.93. The fraction of sp³-hybridized carbons (Fsp3) is 0.158. The Morgan fingerprint density at radius 3 is 2.68 bits per heavy atom. The van der Waals surface area contributed by atoms with Crippen molar-refractivity contribution in [2.24, 2.45) is 0 Å². The Balaban J connectivity index is 1.83. The standard InChI is InChI=1S/C19H17ClN4O4/c1-12-5-3-4-6-18(12)28-16-8-14(7-15(9-16)24(26)27)22-19(25)11-23-13(2)17(20)10-21-23/h3-10H,11H2,1-2H3,(H,22,25). The van der Waals surface area contributed by atoms with Crippen molar-refractivity contribution in [3.05, 3.63) is 75.1 Å². The molecular weight excluding hydrogens is 384 g/mol. The van der Waals surface area contributed by atoms with Crippen molar-refractivity contribution < 1.29 is 14.5 Å². The maximum Gasteiger partial charge on any atom is 0.275 e. The molecule has 0 atom stereocenters. The summed E-state index contributed by atoms with van der Waals surface area (Å²) in [7, 11) is 0. The number of hydrogen-bond donors (Lipinski definition) is 1. The van der Waals surface area contributed by atoms with E-state index < -0.39 is 10.8 Å². The van der Waals surface area contributed by atoms with Crippen LogP contribution >= 0.6 is 11.6 Å². The van der Waals surface area contributed by atoms with Crippen molar-refractivity contribution in [2.45, 2.75) is 20.4 Å². The average molecular weight is 401 g/mol. The highest BCUT2D eigenvalue weighted by Gasteiger charge is 2.15. The average Bonchev–Trinajstić information content (AvgIpc) is 2.95.